The molecule has 1 rings (SSSR count). The lowest BCUT2D eigenvalue weighted by Gasteiger charge is -2.14. The van der Waals surface area contributed by atoms with Crippen LogP contribution in [0.2, 0.25) is 0 Å². The van der Waals surface area contributed by atoms with Crippen molar-refractivity contribution in [3.05, 3.63) is 0 Å². The van der Waals surface area contributed by atoms with E-state index in [-0.39, 0.29) is 6.03 Å². The van der Waals surface area contributed by atoms with E-state index in [9.17, 15) is 4.79 Å². The Balaban J connectivity index is 1.96. The molecule has 4 nitrogen and oxygen atoms in total. The van der Waals surface area contributed by atoms with Gasteiger partial charge in [0.2, 0.25) is 0 Å². The molecule has 14 heavy (non-hydrogen) atoms. The molecule has 0 spiro atoms. The number of thioether (sulfide) groups is 1. The molecule has 0 saturated carbocycles. The van der Waals surface area contributed by atoms with E-state index in [2.05, 4.69) is 10.6 Å². The second-order valence-corrected chi connectivity index (χ2v) is 4.79. The number of rotatable bonds is 4. The molecule has 82 valence electrons. The number of amides is 2. The largest absolute Gasteiger partial charge is 0.337 e. The predicted octanol–water partition coefficient (Wildman–Crippen LogP) is 0.353. The van der Waals surface area contributed by atoms with Crippen LogP contribution in [0.4, 0.5) is 4.79 Å². The summed E-state index contributed by atoms with van der Waals surface area (Å²) in [5.41, 5.74) is 0. The monoisotopic (exact) mass is 217 g/mol. The molecule has 2 amide bonds. The van der Waals surface area contributed by atoms with Crippen LogP contribution in [0.5, 0.6) is 0 Å². The molecular formula is C9H19N3OS. The molecule has 0 radical (unpaired) electrons. The van der Waals surface area contributed by atoms with Crippen molar-refractivity contribution in [1.29, 1.82) is 0 Å². The second kappa shape index (κ2) is 6.14. The van der Waals surface area contributed by atoms with Gasteiger partial charge in [-0.1, -0.05) is 0 Å². The highest BCUT2D eigenvalue weighted by molar-refractivity contribution is 7.99. The molecule has 0 bridgehead atoms. The number of urea groups is 1. The van der Waals surface area contributed by atoms with Crippen molar-refractivity contribution in [3.8, 4) is 0 Å². The highest BCUT2D eigenvalue weighted by Crippen LogP contribution is 2.16. The van der Waals surface area contributed by atoms with E-state index in [1.165, 1.54) is 17.9 Å². The molecule has 0 aromatic heterocycles. The SMILES string of the molecule is CN(C)C(=O)NCCNC1CCSC1. The summed E-state index contributed by atoms with van der Waals surface area (Å²) in [7, 11) is 3.49. The van der Waals surface area contributed by atoms with Gasteiger partial charge in [0.05, 0.1) is 0 Å². The van der Waals surface area contributed by atoms with E-state index in [0.29, 0.717) is 12.6 Å². The van der Waals surface area contributed by atoms with Gasteiger partial charge in [-0.15, -0.1) is 0 Å². The molecule has 1 unspecified atom stereocenters. The molecule has 5 heteroatoms. The van der Waals surface area contributed by atoms with Crippen LogP contribution in [0, 0.1) is 0 Å². The lowest BCUT2D eigenvalue weighted by Crippen LogP contribution is -2.40. The van der Waals surface area contributed by atoms with Crippen molar-refractivity contribution in [2.24, 2.45) is 0 Å². The number of carbonyl (C=O) groups excluding carboxylic acids is 1. The zero-order valence-corrected chi connectivity index (χ0v) is 9.69. The molecule has 1 heterocycles. The Morgan fingerprint density at radius 1 is 1.50 bits per heavy atom. The molecule has 1 aliphatic rings. The third-order valence-corrected chi connectivity index (χ3v) is 3.33. The molecule has 0 aliphatic carbocycles. The van der Waals surface area contributed by atoms with E-state index in [4.69, 9.17) is 0 Å². The number of hydrogen-bond acceptors (Lipinski definition) is 3. The molecule has 1 saturated heterocycles. The maximum Gasteiger partial charge on any atom is 0.316 e. The molecular weight excluding hydrogens is 198 g/mol. The Bertz CT molecular complexity index is 181. The van der Waals surface area contributed by atoms with Crippen LogP contribution in [0.25, 0.3) is 0 Å². The van der Waals surface area contributed by atoms with Crippen LogP contribution < -0.4 is 10.6 Å². The van der Waals surface area contributed by atoms with Crippen molar-refractivity contribution in [2.45, 2.75) is 12.5 Å². The lowest BCUT2D eigenvalue weighted by molar-refractivity contribution is 0.217. The summed E-state index contributed by atoms with van der Waals surface area (Å²) in [5.74, 6) is 2.48. The smallest absolute Gasteiger partial charge is 0.316 e. The summed E-state index contributed by atoms with van der Waals surface area (Å²) in [6, 6.07) is 0.629. The van der Waals surface area contributed by atoms with Crippen LogP contribution in [0.1, 0.15) is 6.42 Å². The van der Waals surface area contributed by atoms with Crippen LogP contribution in [0.3, 0.4) is 0 Å². The van der Waals surface area contributed by atoms with Crippen molar-refractivity contribution in [1.82, 2.24) is 15.5 Å². The summed E-state index contributed by atoms with van der Waals surface area (Å²) in [4.78, 5) is 12.7. The number of hydrogen-bond donors (Lipinski definition) is 2. The van der Waals surface area contributed by atoms with E-state index in [0.717, 1.165) is 6.54 Å². The molecule has 1 aliphatic heterocycles. The van der Waals surface area contributed by atoms with Gasteiger partial charge in [0.15, 0.2) is 0 Å². The third kappa shape index (κ3) is 4.19. The fourth-order valence-corrected chi connectivity index (χ4v) is 2.49. The molecule has 0 aromatic rings. The molecule has 0 aromatic carbocycles. The number of carbonyl (C=O) groups is 1. The Labute approximate surface area is 89.8 Å². The van der Waals surface area contributed by atoms with Gasteiger partial charge in [-0.3, -0.25) is 0 Å². The van der Waals surface area contributed by atoms with Gasteiger partial charge in [-0.2, -0.15) is 11.8 Å². The minimum Gasteiger partial charge on any atom is -0.337 e. The van der Waals surface area contributed by atoms with Gasteiger partial charge in [0.1, 0.15) is 0 Å². The first-order chi connectivity index (χ1) is 6.70. The zero-order chi connectivity index (χ0) is 10.4. The van der Waals surface area contributed by atoms with Gasteiger partial charge >= 0.3 is 6.03 Å². The van der Waals surface area contributed by atoms with Crippen molar-refractivity contribution in [2.75, 3.05) is 38.7 Å². The van der Waals surface area contributed by atoms with E-state index < -0.39 is 0 Å². The first-order valence-corrected chi connectivity index (χ1v) is 6.12. The van der Waals surface area contributed by atoms with Crippen molar-refractivity contribution < 1.29 is 4.79 Å². The highest BCUT2D eigenvalue weighted by Gasteiger charge is 2.13. The van der Waals surface area contributed by atoms with Gasteiger partial charge in [-0.25, -0.2) is 4.79 Å². The topological polar surface area (TPSA) is 44.4 Å². The van der Waals surface area contributed by atoms with Gasteiger partial charge in [0, 0.05) is 39.0 Å². The predicted molar refractivity (Wildman–Crippen MR) is 60.8 cm³/mol. The third-order valence-electron chi connectivity index (χ3n) is 2.17. The van der Waals surface area contributed by atoms with Crippen LogP contribution in [-0.2, 0) is 0 Å². The Hall–Kier alpha value is -0.420. The maximum atomic E-state index is 11.1. The molecule has 2 N–H and O–H groups in total. The summed E-state index contributed by atoms with van der Waals surface area (Å²) >= 11 is 1.99. The average Bonchev–Trinajstić information content (AvgIpc) is 2.64. The molecule has 1 atom stereocenters. The second-order valence-electron chi connectivity index (χ2n) is 3.64. The van der Waals surface area contributed by atoms with Gasteiger partial charge < -0.3 is 15.5 Å². The zero-order valence-electron chi connectivity index (χ0n) is 8.88. The van der Waals surface area contributed by atoms with Gasteiger partial charge in [-0.05, 0) is 12.2 Å². The summed E-state index contributed by atoms with van der Waals surface area (Å²) in [5, 5.41) is 6.25. The first-order valence-electron chi connectivity index (χ1n) is 4.96. The van der Waals surface area contributed by atoms with Crippen LogP contribution >= 0.6 is 11.8 Å². The van der Waals surface area contributed by atoms with E-state index >= 15 is 0 Å². The number of nitrogens with zero attached hydrogens (tertiary/aromatic N) is 1. The van der Waals surface area contributed by atoms with Crippen LogP contribution in [-0.4, -0.2) is 55.7 Å². The highest BCUT2D eigenvalue weighted by atomic mass is 32.2. The summed E-state index contributed by atoms with van der Waals surface area (Å²) in [6.07, 6.45) is 1.26. The summed E-state index contributed by atoms with van der Waals surface area (Å²) < 4.78 is 0. The standard InChI is InChI=1S/C9H19N3OS/c1-12(2)9(13)11-5-4-10-8-3-6-14-7-8/h8,10H,3-7H2,1-2H3,(H,11,13). The fraction of sp³-hybridized carbons (Fsp3) is 0.889. The van der Waals surface area contributed by atoms with Crippen LogP contribution in [0.15, 0.2) is 0 Å². The lowest BCUT2D eigenvalue weighted by atomic mass is 10.3. The summed E-state index contributed by atoms with van der Waals surface area (Å²) in [6.45, 7) is 1.57. The van der Waals surface area contributed by atoms with Gasteiger partial charge in [0.25, 0.3) is 0 Å². The van der Waals surface area contributed by atoms with E-state index in [1.807, 2.05) is 11.8 Å². The minimum absolute atomic E-state index is 0.0207. The quantitative estimate of drug-likeness (QED) is 0.668. The Morgan fingerprint density at radius 3 is 2.86 bits per heavy atom. The van der Waals surface area contributed by atoms with E-state index in [1.54, 1.807) is 19.0 Å². The average molecular weight is 217 g/mol. The normalized spacial score (nSPS) is 20.9. The Kier molecular flexibility index (Phi) is 5.11. The fourth-order valence-electron chi connectivity index (χ4n) is 1.30. The maximum absolute atomic E-state index is 11.1. The molecule has 1 fully saturated rings. The van der Waals surface area contributed by atoms with Crippen molar-refractivity contribution in [3.63, 3.8) is 0 Å². The first kappa shape index (κ1) is 11.7. The number of nitrogens with one attached hydrogen (secondary N) is 2. The minimum atomic E-state index is -0.0207. The Morgan fingerprint density at radius 2 is 2.29 bits per heavy atom. The van der Waals surface area contributed by atoms with Crippen molar-refractivity contribution >= 4 is 17.8 Å².